The van der Waals surface area contributed by atoms with Crippen molar-refractivity contribution in [2.45, 2.75) is 19.5 Å². The lowest BCUT2D eigenvalue weighted by Gasteiger charge is -2.22. The molecule has 4 aromatic heterocycles. The van der Waals surface area contributed by atoms with Gasteiger partial charge in [0.2, 0.25) is 5.82 Å². The highest BCUT2D eigenvalue weighted by molar-refractivity contribution is 7.00. The van der Waals surface area contributed by atoms with E-state index in [1.165, 1.54) is 4.07 Å². The van der Waals surface area contributed by atoms with Crippen LogP contribution in [0.3, 0.4) is 0 Å². The smallest absolute Gasteiger partial charge is 0.323 e. The number of furan rings is 1. The van der Waals surface area contributed by atoms with Crippen molar-refractivity contribution in [3.63, 3.8) is 0 Å². The standard InChI is InChI=1S/C23H24N8O2S/c32-23-22(29-34-31(23)26-15-20-27-18-8-1-2-9-19(18)28-20)25-12-6-13-30(16-17-7-5-14-33-17)21-10-3-4-11-24-21/h1-5,7-11,14,26H,6,12-13,15-16H2,(H,25,29)(H,27,28). The molecule has 1 aromatic carbocycles. The summed E-state index contributed by atoms with van der Waals surface area (Å²) in [4.78, 5) is 27.0. The molecule has 5 rings (SSSR count). The molecule has 11 heteroatoms. The number of benzene rings is 1. The molecule has 174 valence electrons. The van der Waals surface area contributed by atoms with Gasteiger partial charge < -0.3 is 25.0 Å². The van der Waals surface area contributed by atoms with Crippen molar-refractivity contribution >= 4 is 34.4 Å². The van der Waals surface area contributed by atoms with Gasteiger partial charge in [0.15, 0.2) is 0 Å². The number of hydrogen-bond donors (Lipinski definition) is 3. The highest BCUT2D eigenvalue weighted by atomic mass is 32.1. The van der Waals surface area contributed by atoms with Crippen molar-refractivity contribution in [3.8, 4) is 0 Å². The molecule has 0 fully saturated rings. The molecular weight excluding hydrogens is 452 g/mol. The van der Waals surface area contributed by atoms with Gasteiger partial charge in [-0.05, 0) is 42.8 Å². The number of nitrogens with one attached hydrogen (secondary N) is 3. The molecule has 5 aromatic rings. The first-order chi connectivity index (χ1) is 16.8. The summed E-state index contributed by atoms with van der Waals surface area (Å²) in [5.41, 5.74) is 4.71. The van der Waals surface area contributed by atoms with Crippen LogP contribution < -0.4 is 21.2 Å². The van der Waals surface area contributed by atoms with Crippen LogP contribution in [0.5, 0.6) is 0 Å². The highest BCUT2D eigenvalue weighted by Gasteiger charge is 2.12. The summed E-state index contributed by atoms with van der Waals surface area (Å²) in [5.74, 6) is 2.83. The number of pyridine rings is 1. The zero-order valence-electron chi connectivity index (χ0n) is 18.3. The van der Waals surface area contributed by atoms with E-state index in [-0.39, 0.29) is 5.56 Å². The molecule has 4 heterocycles. The molecule has 0 unspecified atom stereocenters. The van der Waals surface area contributed by atoms with Gasteiger partial charge in [-0.15, -0.1) is 0 Å². The van der Waals surface area contributed by atoms with Crippen molar-refractivity contribution in [1.82, 2.24) is 23.4 Å². The van der Waals surface area contributed by atoms with E-state index in [0.29, 0.717) is 25.5 Å². The molecule has 0 aliphatic heterocycles. The van der Waals surface area contributed by atoms with Crippen molar-refractivity contribution in [2.24, 2.45) is 0 Å². The van der Waals surface area contributed by atoms with Crippen molar-refractivity contribution in [1.29, 1.82) is 0 Å². The second kappa shape index (κ2) is 10.2. The Hall–Kier alpha value is -4.12. The second-order valence-electron chi connectivity index (χ2n) is 7.63. The van der Waals surface area contributed by atoms with E-state index < -0.39 is 0 Å². The lowest BCUT2D eigenvalue weighted by molar-refractivity contribution is 0.500. The number of hydrogen-bond acceptors (Lipinski definition) is 9. The van der Waals surface area contributed by atoms with Crippen LogP contribution >= 0.6 is 11.7 Å². The molecule has 0 radical (unpaired) electrons. The summed E-state index contributed by atoms with van der Waals surface area (Å²) in [7, 11) is 0. The maximum Gasteiger partial charge on any atom is 0.323 e. The minimum absolute atomic E-state index is 0.210. The fourth-order valence-electron chi connectivity index (χ4n) is 3.58. The van der Waals surface area contributed by atoms with Crippen LogP contribution in [0.2, 0.25) is 0 Å². The minimum atomic E-state index is -0.210. The van der Waals surface area contributed by atoms with E-state index in [1.54, 1.807) is 12.5 Å². The quantitative estimate of drug-likeness (QED) is 0.248. The first kappa shape index (κ1) is 21.7. The van der Waals surface area contributed by atoms with Crippen molar-refractivity contribution in [3.05, 3.63) is 89.0 Å². The van der Waals surface area contributed by atoms with Gasteiger partial charge >= 0.3 is 5.56 Å². The average Bonchev–Trinajstić information content (AvgIpc) is 3.61. The van der Waals surface area contributed by atoms with Gasteiger partial charge in [0.25, 0.3) is 0 Å². The molecule has 0 aliphatic carbocycles. The zero-order valence-corrected chi connectivity index (χ0v) is 19.2. The maximum absolute atomic E-state index is 12.6. The summed E-state index contributed by atoms with van der Waals surface area (Å²) in [6.07, 6.45) is 4.24. The summed E-state index contributed by atoms with van der Waals surface area (Å²) in [5, 5.41) is 3.15. The lowest BCUT2D eigenvalue weighted by Crippen LogP contribution is -2.28. The number of para-hydroxylation sites is 2. The van der Waals surface area contributed by atoms with Crippen LogP contribution in [0.25, 0.3) is 11.0 Å². The van der Waals surface area contributed by atoms with Gasteiger partial charge in [-0.2, -0.15) is 8.44 Å². The fourth-order valence-corrected chi connectivity index (χ4v) is 4.17. The highest BCUT2D eigenvalue weighted by Crippen LogP contribution is 2.15. The molecule has 0 atom stereocenters. The van der Waals surface area contributed by atoms with Gasteiger partial charge in [0, 0.05) is 19.3 Å². The Kier molecular flexibility index (Phi) is 6.52. The number of aromatic amines is 1. The van der Waals surface area contributed by atoms with Crippen LogP contribution in [-0.4, -0.2) is 36.5 Å². The van der Waals surface area contributed by atoms with Gasteiger partial charge in [-0.25, -0.2) is 9.97 Å². The van der Waals surface area contributed by atoms with Crippen LogP contribution in [0.1, 0.15) is 18.0 Å². The number of anilines is 2. The maximum atomic E-state index is 12.6. The molecule has 0 saturated carbocycles. The summed E-state index contributed by atoms with van der Waals surface area (Å²) < 4.78 is 11.2. The van der Waals surface area contributed by atoms with Gasteiger partial charge in [0.1, 0.15) is 17.4 Å². The average molecular weight is 477 g/mol. The molecule has 0 saturated heterocycles. The molecular formula is C23H24N8O2S. The third-order valence-electron chi connectivity index (χ3n) is 5.23. The van der Waals surface area contributed by atoms with Crippen LogP contribution in [-0.2, 0) is 13.1 Å². The third kappa shape index (κ3) is 5.09. The van der Waals surface area contributed by atoms with Crippen LogP contribution in [0.4, 0.5) is 11.6 Å². The molecule has 0 bridgehead atoms. The Bertz CT molecular complexity index is 1340. The Labute approximate surface area is 199 Å². The Morgan fingerprint density at radius 2 is 2.03 bits per heavy atom. The summed E-state index contributed by atoms with van der Waals surface area (Å²) in [6, 6.07) is 17.5. The SMILES string of the molecule is O=c1c(NCCCN(Cc2ccco2)c2ccccn2)nsn1NCc1nc2ccccc2[nH]1. The van der Waals surface area contributed by atoms with E-state index in [9.17, 15) is 4.79 Å². The number of imidazole rings is 1. The zero-order chi connectivity index (χ0) is 23.2. The van der Waals surface area contributed by atoms with E-state index in [2.05, 4.69) is 35.0 Å². The number of nitrogens with zero attached hydrogens (tertiary/aromatic N) is 5. The Morgan fingerprint density at radius 3 is 2.85 bits per heavy atom. The molecule has 0 spiro atoms. The van der Waals surface area contributed by atoms with Gasteiger partial charge in [-0.3, -0.25) is 4.79 Å². The summed E-state index contributed by atoms with van der Waals surface area (Å²) in [6.45, 7) is 2.36. The largest absolute Gasteiger partial charge is 0.467 e. The van der Waals surface area contributed by atoms with Crippen LogP contribution in [0, 0.1) is 0 Å². The number of aromatic nitrogens is 5. The molecule has 3 N–H and O–H groups in total. The van der Waals surface area contributed by atoms with E-state index in [0.717, 1.165) is 53.1 Å². The summed E-state index contributed by atoms with van der Waals surface area (Å²) >= 11 is 1.07. The van der Waals surface area contributed by atoms with Crippen molar-refractivity contribution < 1.29 is 4.42 Å². The predicted molar refractivity (Wildman–Crippen MR) is 133 cm³/mol. The normalized spacial score (nSPS) is 11.1. The fraction of sp³-hybridized carbons (Fsp3) is 0.217. The second-order valence-corrected chi connectivity index (χ2v) is 8.34. The van der Waals surface area contributed by atoms with E-state index >= 15 is 0 Å². The number of H-pyrrole nitrogens is 1. The third-order valence-corrected chi connectivity index (χ3v) is 5.95. The molecule has 0 amide bonds. The number of rotatable bonds is 11. The predicted octanol–water partition coefficient (Wildman–Crippen LogP) is 3.42. The number of fused-ring (bicyclic) bond motifs is 1. The molecule has 10 nitrogen and oxygen atoms in total. The molecule has 0 aliphatic rings. The minimum Gasteiger partial charge on any atom is -0.467 e. The van der Waals surface area contributed by atoms with Crippen LogP contribution in [0.15, 0.2) is 76.3 Å². The first-order valence-electron chi connectivity index (χ1n) is 11.0. The lowest BCUT2D eigenvalue weighted by atomic mass is 10.3. The monoisotopic (exact) mass is 476 g/mol. The molecule has 34 heavy (non-hydrogen) atoms. The Morgan fingerprint density at radius 1 is 1.12 bits per heavy atom. The Balaban J connectivity index is 1.14. The van der Waals surface area contributed by atoms with Gasteiger partial charge in [-0.1, -0.05) is 18.2 Å². The topological polar surface area (TPSA) is 117 Å². The van der Waals surface area contributed by atoms with Gasteiger partial charge in [0.05, 0.1) is 42.1 Å². The van der Waals surface area contributed by atoms with E-state index in [1.807, 2.05) is 54.6 Å². The first-order valence-corrected chi connectivity index (χ1v) is 11.7. The van der Waals surface area contributed by atoms with E-state index in [4.69, 9.17) is 4.42 Å². The van der Waals surface area contributed by atoms with Crippen molar-refractivity contribution in [2.75, 3.05) is 28.7 Å².